The molecule has 1 saturated heterocycles. The Balaban J connectivity index is 1.63. The minimum atomic E-state index is -0.780. The number of piperidine rings is 1. The second-order valence-corrected chi connectivity index (χ2v) is 7.97. The van der Waals surface area contributed by atoms with Crippen molar-refractivity contribution in [2.24, 2.45) is 0 Å². The quantitative estimate of drug-likeness (QED) is 0.616. The number of rotatable bonds is 3. The number of hydrogen-bond donors (Lipinski definition) is 0. The highest BCUT2D eigenvalue weighted by Crippen LogP contribution is 2.38. The van der Waals surface area contributed by atoms with Crippen molar-refractivity contribution in [1.29, 1.82) is 0 Å². The predicted molar refractivity (Wildman–Crippen MR) is 108 cm³/mol. The zero-order valence-electron chi connectivity index (χ0n) is 16.7. The molecule has 7 heteroatoms. The first kappa shape index (κ1) is 18.9. The summed E-state index contributed by atoms with van der Waals surface area (Å²) in [5.74, 6) is -1.82. The maximum atomic E-state index is 13.7. The first-order valence-electron chi connectivity index (χ1n) is 10.3. The lowest BCUT2D eigenvalue weighted by atomic mass is 9.85. The number of imide groups is 1. The average Bonchev–Trinajstić information content (AvgIpc) is 3.17. The normalized spacial score (nSPS) is 21.1. The molecule has 5 rings (SSSR count). The summed E-state index contributed by atoms with van der Waals surface area (Å²) in [6.45, 7) is 3.62. The standard InChI is InChI=1S/C23H22FN3O3/c1-14(26-11-5-2-6-12-26)27-22(28)17-8-4-3-7-16(17)20(23(27)29)21-18-10-9-15(24)13-19(18)30-25-21/h3-4,7-10,13-14,20H,2,5-6,11-12H2,1H3. The number of carbonyl (C=O) groups is 2. The van der Waals surface area contributed by atoms with E-state index in [0.29, 0.717) is 22.2 Å². The van der Waals surface area contributed by atoms with Crippen LogP contribution in [0.3, 0.4) is 0 Å². The van der Waals surface area contributed by atoms with Gasteiger partial charge >= 0.3 is 0 Å². The molecule has 2 atom stereocenters. The third-order valence-electron chi connectivity index (χ3n) is 6.23. The van der Waals surface area contributed by atoms with Gasteiger partial charge in [0.25, 0.3) is 5.91 Å². The Hall–Kier alpha value is -3.06. The fourth-order valence-corrected chi connectivity index (χ4v) is 4.66. The van der Waals surface area contributed by atoms with Gasteiger partial charge in [-0.3, -0.25) is 19.4 Å². The molecule has 2 aliphatic heterocycles. The fraction of sp³-hybridized carbons (Fsp3) is 0.348. The van der Waals surface area contributed by atoms with E-state index in [9.17, 15) is 14.0 Å². The predicted octanol–water partition coefficient (Wildman–Crippen LogP) is 3.91. The molecule has 3 heterocycles. The highest BCUT2D eigenvalue weighted by Gasteiger charge is 2.44. The molecular weight excluding hydrogens is 385 g/mol. The summed E-state index contributed by atoms with van der Waals surface area (Å²) in [7, 11) is 0. The van der Waals surface area contributed by atoms with E-state index in [0.717, 1.165) is 32.4 Å². The number of amides is 2. The van der Waals surface area contributed by atoms with Crippen LogP contribution in [0, 0.1) is 5.82 Å². The van der Waals surface area contributed by atoms with Crippen molar-refractivity contribution in [3.05, 3.63) is 65.1 Å². The molecule has 0 bridgehead atoms. The van der Waals surface area contributed by atoms with Crippen LogP contribution in [0.15, 0.2) is 47.0 Å². The number of nitrogens with zero attached hydrogens (tertiary/aromatic N) is 3. The smallest absolute Gasteiger partial charge is 0.262 e. The molecule has 1 aromatic heterocycles. The average molecular weight is 407 g/mol. The molecule has 154 valence electrons. The van der Waals surface area contributed by atoms with Crippen molar-refractivity contribution >= 4 is 22.8 Å². The Morgan fingerprint density at radius 3 is 2.67 bits per heavy atom. The number of hydrogen-bond acceptors (Lipinski definition) is 5. The molecule has 0 spiro atoms. The van der Waals surface area contributed by atoms with Crippen LogP contribution in [-0.2, 0) is 4.79 Å². The maximum Gasteiger partial charge on any atom is 0.262 e. The van der Waals surface area contributed by atoms with Gasteiger partial charge in [-0.05, 0) is 43.5 Å². The summed E-state index contributed by atoms with van der Waals surface area (Å²) >= 11 is 0. The summed E-state index contributed by atoms with van der Waals surface area (Å²) in [5.41, 5.74) is 1.78. The van der Waals surface area contributed by atoms with Crippen LogP contribution in [0.4, 0.5) is 4.39 Å². The van der Waals surface area contributed by atoms with E-state index >= 15 is 0 Å². The van der Waals surface area contributed by atoms with Gasteiger partial charge in [0.1, 0.15) is 17.4 Å². The lowest BCUT2D eigenvalue weighted by Crippen LogP contribution is -2.56. The Labute approximate surface area is 173 Å². The van der Waals surface area contributed by atoms with Crippen LogP contribution in [0.25, 0.3) is 11.0 Å². The van der Waals surface area contributed by atoms with Gasteiger partial charge in [0.2, 0.25) is 5.91 Å². The molecular formula is C23H22FN3O3. The van der Waals surface area contributed by atoms with Crippen molar-refractivity contribution in [3.63, 3.8) is 0 Å². The van der Waals surface area contributed by atoms with Crippen LogP contribution >= 0.6 is 0 Å². The molecule has 6 nitrogen and oxygen atoms in total. The molecule has 3 aromatic rings. The molecule has 2 amide bonds. The maximum absolute atomic E-state index is 13.7. The number of carbonyl (C=O) groups excluding carboxylic acids is 2. The second-order valence-electron chi connectivity index (χ2n) is 7.97. The highest BCUT2D eigenvalue weighted by atomic mass is 19.1. The topological polar surface area (TPSA) is 66.7 Å². The van der Waals surface area contributed by atoms with Gasteiger partial charge in [0.15, 0.2) is 5.58 Å². The van der Waals surface area contributed by atoms with Crippen LogP contribution in [-0.4, -0.2) is 46.0 Å². The van der Waals surface area contributed by atoms with E-state index in [1.54, 1.807) is 30.3 Å². The first-order valence-corrected chi connectivity index (χ1v) is 10.3. The minimum absolute atomic E-state index is 0.280. The Bertz CT molecular complexity index is 1140. The molecule has 0 N–H and O–H groups in total. The Morgan fingerprint density at radius 1 is 1.10 bits per heavy atom. The molecule has 2 aliphatic rings. The van der Waals surface area contributed by atoms with Gasteiger partial charge < -0.3 is 4.52 Å². The van der Waals surface area contributed by atoms with Crippen LogP contribution in [0.5, 0.6) is 0 Å². The SMILES string of the molecule is CC(N1CCCCC1)N1C(=O)c2ccccc2C(c2noc3cc(F)ccc23)C1=O. The largest absolute Gasteiger partial charge is 0.356 e. The van der Waals surface area contributed by atoms with Gasteiger partial charge in [-0.15, -0.1) is 0 Å². The Kier molecular flexibility index (Phi) is 4.62. The van der Waals surface area contributed by atoms with Gasteiger partial charge in [0, 0.05) is 30.1 Å². The summed E-state index contributed by atoms with van der Waals surface area (Å²) in [6.07, 6.45) is 2.93. The molecule has 0 radical (unpaired) electrons. The third-order valence-corrected chi connectivity index (χ3v) is 6.23. The van der Waals surface area contributed by atoms with E-state index in [4.69, 9.17) is 4.52 Å². The molecule has 0 aliphatic carbocycles. The summed E-state index contributed by atoms with van der Waals surface area (Å²) in [6, 6.07) is 11.3. The molecule has 30 heavy (non-hydrogen) atoms. The first-order chi connectivity index (χ1) is 14.6. The van der Waals surface area contributed by atoms with Crippen molar-refractivity contribution in [1.82, 2.24) is 15.0 Å². The minimum Gasteiger partial charge on any atom is -0.356 e. The Morgan fingerprint density at radius 2 is 1.87 bits per heavy atom. The molecule has 2 aromatic carbocycles. The van der Waals surface area contributed by atoms with Crippen LogP contribution in [0.2, 0.25) is 0 Å². The van der Waals surface area contributed by atoms with E-state index in [2.05, 4.69) is 10.1 Å². The van der Waals surface area contributed by atoms with E-state index < -0.39 is 11.7 Å². The second kappa shape index (κ2) is 7.32. The van der Waals surface area contributed by atoms with Crippen molar-refractivity contribution in [2.45, 2.75) is 38.3 Å². The van der Waals surface area contributed by atoms with E-state index in [1.165, 1.54) is 17.0 Å². The lowest BCUT2D eigenvalue weighted by molar-refractivity contribution is -0.135. The fourth-order valence-electron chi connectivity index (χ4n) is 4.66. The van der Waals surface area contributed by atoms with Crippen LogP contribution in [0.1, 0.15) is 53.7 Å². The number of halogens is 1. The number of benzene rings is 2. The van der Waals surface area contributed by atoms with Gasteiger partial charge in [-0.2, -0.15) is 0 Å². The van der Waals surface area contributed by atoms with Crippen molar-refractivity contribution in [3.8, 4) is 0 Å². The van der Waals surface area contributed by atoms with Crippen molar-refractivity contribution in [2.75, 3.05) is 13.1 Å². The molecule has 0 saturated carbocycles. The van der Waals surface area contributed by atoms with Gasteiger partial charge in [-0.1, -0.05) is 29.8 Å². The number of likely N-dealkylation sites (tertiary alicyclic amines) is 1. The summed E-state index contributed by atoms with van der Waals surface area (Å²) in [5, 5.41) is 4.70. The van der Waals surface area contributed by atoms with E-state index in [1.807, 2.05) is 6.92 Å². The highest BCUT2D eigenvalue weighted by molar-refractivity contribution is 6.13. The van der Waals surface area contributed by atoms with Gasteiger partial charge in [0.05, 0.1) is 6.17 Å². The lowest BCUT2D eigenvalue weighted by Gasteiger charge is -2.41. The zero-order valence-corrected chi connectivity index (χ0v) is 16.7. The van der Waals surface area contributed by atoms with Gasteiger partial charge in [-0.25, -0.2) is 4.39 Å². The zero-order chi connectivity index (χ0) is 20.8. The molecule has 2 unspecified atom stereocenters. The van der Waals surface area contributed by atoms with Crippen molar-refractivity contribution < 1.29 is 18.5 Å². The number of aromatic nitrogens is 1. The summed E-state index contributed by atoms with van der Waals surface area (Å²) in [4.78, 5) is 30.6. The number of fused-ring (bicyclic) bond motifs is 2. The third kappa shape index (κ3) is 2.92. The van der Waals surface area contributed by atoms with Crippen LogP contribution < -0.4 is 0 Å². The molecule has 1 fully saturated rings. The van der Waals surface area contributed by atoms with E-state index in [-0.39, 0.29) is 23.6 Å². The summed E-state index contributed by atoms with van der Waals surface area (Å²) < 4.78 is 18.9. The monoisotopic (exact) mass is 407 g/mol.